The largest absolute Gasteiger partial charge is 0.477 e. The number of nitrogens with one attached hydrogen (secondary N) is 1. The van der Waals surface area contributed by atoms with Crippen molar-refractivity contribution in [1.82, 2.24) is 10.3 Å². The number of carbonyl (C=O) groups excluding carboxylic acids is 1. The Labute approximate surface area is 128 Å². The lowest BCUT2D eigenvalue weighted by Gasteiger charge is -2.35. The van der Waals surface area contributed by atoms with Crippen LogP contribution in [0.15, 0.2) is 18.2 Å². The average Bonchev–Trinajstić information content (AvgIpc) is 2.53. The van der Waals surface area contributed by atoms with E-state index in [4.69, 9.17) is 5.11 Å². The molecule has 1 aliphatic carbocycles. The number of aromatic carboxylic acids is 1. The van der Waals surface area contributed by atoms with Crippen molar-refractivity contribution < 1.29 is 14.7 Å². The van der Waals surface area contributed by atoms with Gasteiger partial charge in [-0.05, 0) is 31.2 Å². The molecule has 1 aliphatic rings. The van der Waals surface area contributed by atoms with Crippen molar-refractivity contribution in [2.75, 3.05) is 12.8 Å². The molecule has 1 saturated carbocycles. The van der Waals surface area contributed by atoms with Crippen LogP contribution in [-0.2, 0) is 0 Å². The van der Waals surface area contributed by atoms with E-state index in [1.807, 2.05) is 11.8 Å². The van der Waals surface area contributed by atoms with Crippen LogP contribution >= 0.6 is 11.8 Å². The van der Waals surface area contributed by atoms with E-state index in [-0.39, 0.29) is 22.0 Å². The fraction of sp³-hybridized carbons (Fsp3) is 0.533. The quantitative estimate of drug-likeness (QED) is 0.874. The first-order chi connectivity index (χ1) is 10.1. The molecule has 2 N–H and O–H groups in total. The number of aromatic nitrogens is 1. The summed E-state index contributed by atoms with van der Waals surface area (Å²) < 4.78 is 0.109. The van der Waals surface area contributed by atoms with Crippen molar-refractivity contribution in [2.45, 2.75) is 36.9 Å². The molecule has 1 aromatic heterocycles. The molecule has 0 bridgehead atoms. The van der Waals surface area contributed by atoms with Gasteiger partial charge in [0.1, 0.15) is 11.4 Å². The standard InChI is InChI=1S/C15H20N2O3S/c1-21-15(8-3-2-4-9-15)10-16-13(18)11-6-5-7-12(17-11)14(19)20/h5-7H,2-4,8-10H2,1H3,(H,16,18)(H,19,20). The monoisotopic (exact) mass is 308 g/mol. The van der Waals surface area contributed by atoms with Gasteiger partial charge in [-0.3, -0.25) is 4.79 Å². The Kier molecular flexibility index (Phi) is 5.22. The van der Waals surface area contributed by atoms with Gasteiger partial charge in [0.25, 0.3) is 5.91 Å². The van der Waals surface area contributed by atoms with E-state index >= 15 is 0 Å². The molecule has 1 heterocycles. The Hall–Kier alpha value is -1.56. The molecule has 0 aromatic carbocycles. The van der Waals surface area contributed by atoms with Crippen molar-refractivity contribution in [1.29, 1.82) is 0 Å². The number of hydrogen-bond acceptors (Lipinski definition) is 4. The minimum Gasteiger partial charge on any atom is -0.477 e. The number of carbonyl (C=O) groups is 2. The van der Waals surface area contributed by atoms with Gasteiger partial charge in [0, 0.05) is 11.3 Å². The van der Waals surface area contributed by atoms with E-state index in [1.54, 1.807) is 0 Å². The summed E-state index contributed by atoms with van der Waals surface area (Å²) in [7, 11) is 0. The van der Waals surface area contributed by atoms with Crippen LogP contribution < -0.4 is 5.32 Å². The van der Waals surface area contributed by atoms with Crippen LogP contribution in [-0.4, -0.2) is 39.5 Å². The fourth-order valence-electron chi connectivity index (χ4n) is 2.66. The molecular formula is C15H20N2O3S. The second kappa shape index (κ2) is 6.93. The van der Waals surface area contributed by atoms with Gasteiger partial charge in [-0.1, -0.05) is 25.3 Å². The van der Waals surface area contributed by atoms with Gasteiger partial charge in [0.15, 0.2) is 0 Å². The molecule has 1 aromatic rings. The Morgan fingerprint density at radius 3 is 2.57 bits per heavy atom. The summed E-state index contributed by atoms with van der Waals surface area (Å²) in [6, 6.07) is 4.45. The first kappa shape index (κ1) is 15.8. The van der Waals surface area contributed by atoms with Crippen molar-refractivity contribution in [3.8, 4) is 0 Å². The van der Waals surface area contributed by atoms with Gasteiger partial charge in [-0.2, -0.15) is 11.8 Å². The molecule has 0 atom stereocenters. The van der Waals surface area contributed by atoms with E-state index in [0.717, 1.165) is 12.8 Å². The summed E-state index contributed by atoms with van der Waals surface area (Å²) in [4.78, 5) is 26.9. The number of amides is 1. The lowest BCUT2D eigenvalue weighted by Crippen LogP contribution is -2.42. The molecule has 0 aliphatic heterocycles. The summed E-state index contributed by atoms with van der Waals surface area (Å²) in [6.07, 6.45) is 7.96. The Bertz CT molecular complexity index is 527. The minimum atomic E-state index is -1.13. The smallest absolute Gasteiger partial charge is 0.354 e. The van der Waals surface area contributed by atoms with Gasteiger partial charge in [-0.15, -0.1) is 0 Å². The van der Waals surface area contributed by atoms with Gasteiger partial charge in [-0.25, -0.2) is 9.78 Å². The first-order valence-corrected chi connectivity index (χ1v) is 8.32. The summed E-state index contributed by atoms with van der Waals surface area (Å²) in [5, 5.41) is 11.8. The lowest BCUT2D eigenvalue weighted by molar-refractivity contribution is 0.0690. The Morgan fingerprint density at radius 2 is 1.95 bits per heavy atom. The number of rotatable bonds is 5. The topological polar surface area (TPSA) is 79.3 Å². The maximum Gasteiger partial charge on any atom is 0.354 e. The zero-order chi connectivity index (χ0) is 15.3. The normalized spacial score (nSPS) is 17.2. The SMILES string of the molecule is CSC1(CNC(=O)c2cccc(C(=O)O)n2)CCCCC1. The van der Waals surface area contributed by atoms with E-state index in [2.05, 4.69) is 16.6 Å². The number of thioether (sulfide) groups is 1. The summed E-state index contributed by atoms with van der Waals surface area (Å²) in [5.41, 5.74) is 0.0434. The third-order valence-corrected chi connectivity index (χ3v) is 5.39. The molecule has 0 unspecified atom stereocenters. The number of nitrogens with zero attached hydrogens (tertiary/aromatic N) is 1. The van der Waals surface area contributed by atoms with Crippen LogP contribution in [0.2, 0.25) is 0 Å². The van der Waals surface area contributed by atoms with Gasteiger partial charge >= 0.3 is 5.97 Å². The lowest BCUT2D eigenvalue weighted by atomic mass is 9.88. The minimum absolute atomic E-state index is 0.109. The number of carboxylic acids is 1. The third kappa shape index (κ3) is 3.97. The molecule has 0 spiro atoms. The highest BCUT2D eigenvalue weighted by Gasteiger charge is 2.31. The van der Waals surface area contributed by atoms with E-state index in [0.29, 0.717) is 6.54 Å². The van der Waals surface area contributed by atoms with E-state index < -0.39 is 5.97 Å². The Morgan fingerprint density at radius 1 is 1.29 bits per heavy atom. The van der Waals surface area contributed by atoms with Crippen LogP contribution in [0.4, 0.5) is 0 Å². The highest BCUT2D eigenvalue weighted by atomic mass is 32.2. The fourth-order valence-corrected chi connectivity index (χ4v) is 3.57. The van der Waals surface area contributed by atoms with Crippen LogP contribution in [0.3, 0.4) is 0 Å². The van der Waals surface area contributed by atoms with Gasteiger partial charge < -0.3 is 10.4 Å². The summed E-state index contributed by atoms with van der Waals surface area (Å²) in [6.45, 7) is 0.603. The molecule has 114 valence electrons. The van der Waals surface area contributed by atoms with Crippen LogP contribution in [0.1, 0.15) is 53.1 Å². The van der Waals surface area contributed by atoms with Gasteiger partial charge in [0.05, 0.1) is 0 Å². The molecule has 0 radical (unpaired) electrons. The maximum atomic E-state index is 12.1. The average molecular weight is 308 g/mol. The zero-order valence-corrected chi connectivity index (χ0v) is 12.9. The molecule has 5 nitrogen and oxygen atoms in total. The van der Waals surface area contributed by atoms with Crippen molar-refractivity contribution in [2.24, 2.45) is 0 Å². The van der Waals surface area contributed by atoms with Crippen molar-refractivity contribution >= 4 is 23.6 Å². The number of carboxylic acid groups (broad SMARTS) is 1. The van der Waals surface area contributed by atoms with Crippen molar-refractivity contribution in [3.63, 3.8) is 0 Å². The molecule has 2 rings (SSSR count). The Balaban J connectivity index is 2.01. The highest BCUT2D eigenvalue weighted by molar-refractivity contribution is 8.00. The van der Waals surface area contributed by atoms with E-state index in [1.165, 1.54) is 37.5 Å². The third-order valence-electron chi connectivity index (χ3n) is 3.97. The first-order valence-electron chi connectivity index (χ1n) is 7.10. The second-order valence-electron chi connectivity index (χ2n) is 5.34. The van der Waals surface area contributed by atoms with Crippen LogP contribution in [0, 0.1) is 0 Å². The zero-order valence-electron chi connectivity index (χ0n) is 12.1. The highest BCUT2D eigenvalue weighted by Crippen LogP contribution is 2.37. The van der Waals surface area contributed by atoms with Crippen molar-refractivity contribution in [3.05, 3.63) is 29.6 Å². The van der Waals surface area contributed by atoms with Crippen LogP contribution in [0.5, 0.6) is 0 Å². The summed E-state index contributed by atoms with van der Waals surface area (Å²) in [5.74, 6) is -1.44. The molecule has 0 saturated heterocycles. The van der Waals surface area contributed by atoms with E-state index in [9.17, 15) is 9.59 Å². The number of hydrogen-bond donors (Lipinski definition) is 2. The second-order valence-corrected chi connectivity index (χ2v) is 6.62. The van der Waals surface area contributed by atoms with Gasteiger partial charge in [0.2, 0.25) is 0 Å². The summed E-state index contributed by atoms with van der Waals surface area (Å²) >= 11 is 1.81. The molecular weight excluding hydrogens is 288 g/mol. The molecule has 1 fully saturated rings. The predicted octanol–water partition coefficient (Wildman–Crippen LogP) is 2.58. The number of pyridine rings is 1. The van der Waals surface area contributed by atoms with Crippen LogP contribution in [0.25, 0.3) is 0 Å². The maximum absolute atomic E-state index is 12.1. The molecule has 1 amide bonds. The molecule has 21 heavy (non-hydrogen) atoms. The molecule has 6 heteroatoms. The predicted molar refractivity (Wildman–Crippen MR) is 82.9 cm³/mol.